The molecule has 4 heteroatoms. The van der Waals surface area contributed by atoms with Gasteiger partial charge in [-0.15, -0.1) is 24.8 Å². The molecule has 162 valence electrons. The van der Waals surface area contributed by atoms with Crippen LogP contribution in [-0.2, 0) is 17.4 Å². The van der Waals surface area contributed by atoms with Crippen molar-refractivity contribution in [3.63, 3.8) is 0 Å². The molecule has 2 aromatic carbocycles. The zero-order chi connectivity index (χ0) is 20.3. The molecule has 2 aliphatic rings. The summed E-state index contributed by atoms with van der Waals surface area (Å²) < 4.78 is 5.54. The predicted octanol–water partition coefficient (Wildman–Crippen LogP) is 7.88. The van der Waals surface area contributed by atoms with Gasteiger partial charge < -0.3 is 0 Å². The fraction of sp³-hybridized carbons (Fsp3) is 0.385. The summed E-state index contributed by atoms with van der Waals surface area (Å²) >= 11 is -3.33. The minimum absolute atomic E-state index is 0. The molecular formula is C26H36Cl2SiZr. The van der Waals surface area contributed by atoms with Crippen LogP contribution < -0.4 is 0 Å². The molecule has 0 amide bonds. The Balaban J connectivity index is 0.00000160. The summed E-state index contributed by atoms with van der Waals surface area (Å²) in [6.07, 6.45) is 6.32. The van der Waals surface area contributed by atoms with Gasteiger partial charge >= 0.3 is 174 Å². The Morgan fingerprint density at radius 3 is 1.53 bits per heavy atom. The molecule has 4 rings (SSSR count). The maximum Gasteiger partial charge on any atom is -0.147 e. The average Bonchev–Trinajstić information content (AvgIpc) is 3.14. The number of allylic oxidation sites excluding steroid dienone is 2. The molecule has 0 bridgehead atoms. The van der Waals surface area contributed by atoms with E-state index in [0.29, 0.717) is 7.25 Å². The van der Waals surface area contributed by atoms with Crippen LogP contribution in [0.15, 0.2) is 47.5 Å². The maximum absolute atomic E-state index is 3.33. The third-order valence-corrected chi connectivity index (χ3v) is 31.6. The molecule has 0 saturated carbocycles. The zero-order valence-electron chi connectivity index (χ0n) is 19.2. The Morgan fingerprint density at radius 2 is 1.17 bits per heavy atom. The van der Waals surface area contributed by atoms with Gasteiger partial charge in [-0.2, -0.15) is 0 Å². The van der Waals surface area contributed by atoms with Gasteiger partial charge in [-0.25, -0.2) is 0 Å². The third kappa shape index (κ3) is 3.71. The molecule has 0 saturated heterocycles. The van der Waals surface area contributed by atoms with Crippen LogP contribution in [0.4, 0.5) is 0 Å². The number of rotatable bonds is 4. The quantitative estimate of drug-likeness (QED) is 0.347. The van der Waals surface area contributed by atoms with Crippen molar-refractivity contribution in [2.75, 3.05) is 0 Å². The van der Waals surface area contributed by atoms with E-state index in [2.05, 4.69) is 94.7 Å². The number of hydrogen-bond donors (Lipinski definition) is 0. The first kappa shape index (κ1) is 25.9. The molecule has 2 atom stereocenters. The van der Waals surface area contributed by atoms with Crippen molar-refractivity contribution in [3.05, 3.63) is 80.9 Å². The Bertz CT molecular complexity index is 1030. The van der Waals surface area contributed by atoms with Crippen LogP contribution in [0.1, 0.15) is 67.8 Å². The average molecular weight is 539 g/mol. The molecule has 0 nitrogen and oxygen atoms in total. The molecule has 0 fully saturated rings. The predicted molar refractivity (Wildman–Crippen MR) is 139 cm³/mol. The van der Waals surface area contributed by atoms with E-state index >= 15 is 0 Å². The van der Waals surface area contributed by atoms with Crippen LogP contribution in [0.25, 0.3) is 12.2 Å². The molecule has 0 heterocycles. The second-order valence-electron chi connectivity index (χ2n) is 10.1. The normalized spacial score (nSPS) is 19.8. The van der Waals surface area contributed by atoms with Gasteiger partial charge in [0.25, 0.3) is 0 Å². The molecule has 2 aliphatic carbocycles. The summed E-state index contributed by atoms with van der Waals surface area (Å²) in [5, 5.41) is 0. The van der Waals surface area contributed by atoms with Crippen molar-refractivity contribution in [1.82, 2.24) is 0 Å². The fourth-order valence-corrected chi connectivity index (χ4v) is 34.1. The first-order chi connectivity index (χ1) is 13.2. The molecule has 30 heavy (non-hydrogen) atoms. The molecule has 0 spiro atoms. The molecule has 0 aromatic heterocycles. The van der Waals surface area contributed by atoms with Gasteiger partial charge in [0.1, 0.15) is 0 Å². The van der Waals surface area contributed by atoms with Crippen molar-refractivity contribution < 1.29 is 17.4 Å². The van der Waals surface area contributed by atoms with Crippen LogP contribution >= 0.6 is 24.8 Å². The Hall–Kier alpha value is -0.400. The van der Waals surface area contributed by atoms with Gasteiger partial charge in [-0.3, -0.25) is 0 Å². The third-order valence-electron chi connectivity index (χ3n) is 7.69. The minimum Gasteiger partial charge on any atom is -0.147 e. The zero-order valence-corrected chi connectivity index (χ0v) is 24.7. The van der Waals surface area contributed by atoms with E-state index in [-0.39, 0.29) is 24.8 Å². The fourth-order valence-electron chi connectivity index (χ4n) is 6.88. The van der Waals surface area contributed by atoms with Crippen LogP contribution in [-0.4, -0.2) is 6.88 Å². The summed E-state index contributed by atoms with van der Waals surface area (Å²) in [6, 6.07) is 14.0. The summed E-state index contributed by atoms with van der Waals surface area (Å²) in [5.41, 5.74) is 12.4. The van der Waals surface area contributed by atoms with E-state index in [1.54, 1.807) is 22.3 Å². The SMILES string of the molecule is CC[CH2][Zr]([CH3])(=[SiH2])([CH]1C(C)=Cc2c(C)cccc21)[CH]1C(C)=Cc2c(C)cccc21.Cl.Cl. The standard InChI is InChI=1S/2C11H11.C3H7.CH3.2ClH.H2Si.Zr/c2*1-8-6-10-5-3-4-9(2)11(10)7-8;1-3-2;;;;;/h2*3-7H,1-2H3;1,3H2,2H3;1H3;2*1H;1H2;. The van der Waals surface area contributed by atoms with Crippen molar-refractivity contribution >= 4 is 43.8 Å². The molecule has 2 unspecified atom stereocenters. The van der Waals surface area contributed by atoms with Crippen LogP contribution in [0.3, 0.4) is 0 Å². The topological polar surface area (TPSA) is 0 Å². The number of fused-ring (bicyclic) bond motifs is 2. The minimum atomic E-state index is -3.33. The maximum atomic E-state index is 2.79. The summed E-state index contributed by atoms with van der Waals surface area (Å²) in [7, 11) is 0. The van der Waals surface area contributed by atoms with Crippen LogP contribution in [0.5, 0.6) is 0 Å². The first-order valence-electron chi connectivity index (χ1n) is 10.8. The van der Waals surface area contributed by atoms with E-state index < -0.39 is 17.4 Å². The summed E-state index contributed by atoms with van der Waals surface area (Å²) in [5.74, 6) is 0. The summed E-state index contributed by atoms with van der Waals surface area (Å²) in [6.45, 7) is 14.3. The molecule has 0 radical (unpaired) electrons. The van der Waals surface area contributed by atoms with E-state index in [1.807, 2.05) is 0 Å². The Labute approximate surface area is 197 Å². The van der Waals surface area contributed by atoms with Gasteiger partial charge in [-0.1, -0.05) is 0 Å². The Morgan fingerprint density at radius 1 is 0.767 bits per heavy atom. The number of halogens is 2. The Kier molecular flexibility index (Phi) is 7.63. The van der Waals surface area contributed by atoms with Gasteiger partial charge in [0.15, 0.2) is 0 Å². The molecule has 2 aromatic rings. The second kappa shape index (κ2) is 8.86. The van der Waals surface area contributed by atoms with Gasteiger partial charge in [-0.05, 0) is 0 Å². The van der Waals surface area contributed by atoms with E-state index in [1.165, 1.54) is 32.8 Å². The van der Waals surface area contributed by atoms with Gasteiger partial charge in [0, 0.05) is 0 Å². The second-order valence-corrected chi connectivity index (χ2v) is 38.5. The van der Waals surface area contributed by atoms with Crippen molar-refractivity contribution in [3.8, 4) is 0 Å². The van der Waals surface area contributed by atoms with E-state index in [4.69, 9.17) is 0 Å². The van der Waals surface area contributed by atoms with Crippen molar-refractivity contribution in [2.24, 2.45) is 0 Å². The first-order valence-corrected chi connectivity index (χ1v) is 23.7. The van der Waals surface area contributed by atoms with E-state index in [0.717, 1.165) is 0 Å². The number of benzene rings is 2. The van der Waals surface area contributed by atoms with E-state index in [9.17, 15) is 0 Å². The van der Waals surface area contributed by atoms with Crippen molar-refractivity contribution in [2.45, 2.75) is 57.1 Å². The molecular weight excluding hydrogens is 503 g/mol. The number of hydrogen-bond acceptors (Lipinski definition) is 0. The van der Waals surface area contributed by atoms with Crippen molar-refractivity contribution in [1.29, 1.82) is 0 Å². The van der Waals surface area contributed by atoms with Crippen LogP contribution in [0.2, 0.25) is 8.76 Å². The molecule has 0 N–H and O–H groups in total. The number of aryl methyl sites for hydroxylation is 2. The summed E-state index contributed by atoms with van der Waals surface area (Å²) in [4.78, 5) is 0. The monoisotopic (exact) mass is 536 g/mol. The van der Waals surface area contributed by atoms with Crippen LogP contribution in [0, 0.1) is 13.8 Å². The molecule has 0 aliphatic heterocycles. The largest absolute Gasteiger partial charge is 0.147 e. The smallest absolute Gasteiger partial charge is 0.147 e. The van der Waals surface area contributed by atoms with Gasteiger partial charge in [0.05, 0.1) is 0 Å². The van der Waals surface area contributed by atoms with Gasteiger partial charge in [0.2, 0.25) is 0 Å².